The van der Waals surface area contributed by atoms with Gasteiger partial charge in [-0.25, -0.2) is 8.42 Å². The van der Waals surface area contributed by atoms with Gasteiger partial charge in [-0.2, -0.15) is 0 Å². The molecule has 0 aliphatic heterocycles. The Kier molecular flexibility index (Phi) is 11.9. The number of benzene rings is 3. The maximum atomic E-state index is 14.4. The summed E-state index contributed by atoms with van der Waals surface area (Å²) in [5.41, 5.74) is 1.54. The summed E-state index contributed by atoms with van der Waals surface area (Å²) in [6.07, 6.45) is 6.15. The molecular weight excluding hydrogens is 621 g/mol. The van der Waals surface area contributed by atoms with Gasteiger partial charge in [0.05, 0.1) is 18.6 Å². The first kappa shape index (κ1) is 33.6. The van der Waals surface area contributed by atoms with E-state index in [2.05, 4.69) is 5.32 Å². The average molecular weight is 661 g/mol. The molecule has 1 aliphatic carbocycles. The van der Waals surface area contributed by atoms with Gasteiger partial charge >= 0.3 is 0 Å². The van der Waals surface area contributed by atoms with E-state index >= 15 is 0 Å². The van der Waals surface area contributed by atoms with Gasteiger partial charge in [-0.3, -0.25) is 13.9 Å². The molecule has 0 heterocycles. The average Bonchev–Trinajstić information content (AvgIpc) is 3.00. The molecule has 1 saturated carbocycles. The van der Waals surface area contributed by atoms with E-state index in [0.29, 0.717) is 28.0 Å². The fourth-order valence-corrected chi connectivity index (χ4v) is 6.86. The van der Waals surface area contributed by atoms with Crippen LogP contribution >= 0.6 is 23.2 Å². The number of ether oxygens (including phenoxy) is 1. The maximum absolute atomic E-state index is 14.4. The van der Waals surface area contributed by atoms with Gasteiger partial charge in [-0.1, -0.05) is 91.0 Å². The SMILES string of the molecule is CCOc1ccccc1N(CC(=O)N(Cc1c(Cl)cccc1Cl)[C@H](Cc1ccccc1)C(=O)NC1CCCCC1)S(C)(=O)=O. The molecule has 1 aliphatic rings. The molecule has 2 amide bonds. The fraction of sp³-hybridized carbons (Fsp3) is 0.394. The Morgan fingerprint density at radius 3 is 2.20 bits per heavy atom. The van der Waals surface area contributed by atoms with Crippen LogP contribution in [-0.4, -0.2) is 56.6 Å². The molecule has 3 aromatic carbocycles. The third-order valence-corrected chi connectivity index (χ3v) is 9.56. The molecule has 0 radical (unpaired) electrons. The van der Waals surface area contributed by atoms with Crippen LogP contribution in [0.25, 0.3) is 0 Å². The van der Waals surface area contributed by atoms with Crippen molar-refractivity contribution >= 4 is 50.7 Å². The van der Waals surface area contributed by atoms with Crippen LogP contribution < -0.4 is 14.4 Å². The van der Waals surface area contributed by atoms with E-state index in [0.717, 1.165) is 48.2 Å². The minimum Gasteiger partial charge on any atom is -0.492 e. The monoisotopic (exact) mass is 659 g/mol. The van der Waals surface area contributed by atoms with Crippen LogP contribution in [0.2, 0.25) is 10.0 Å². The number of hydrogen-bond acceptors (Lipinski definition) is 5. The first-order valence-electron chi connectivity index (χ1n) is 14.8. The summed E-state index contributed by atoms with van der Waals surface area (Å²) >= 11 is 13.1. The Morgan fingerprint density at radius 1 is 0.932 bits per heavy atom. The van der Waals surface area contributed by atoms with Crippen LogP contribution in [0, 0.1) is 0 Å². The summed E-state index contributed by atoms with van der Waals surface area (Å²) in [7, 11) is -3.95. The van der Waals surface area contributed by atoms with Crippen LogP contribution in [0.15, 0.2) is 72.8 Å². The lowest BCUT2D eigenvalue weighted by Crippen LogP contribution is -2.55. The zero-order chi connectivity index (χ0) is 31.7. The van der Waals surface area contributed by atoms with Gasteiger partial charge in [0.25, 0.3) is 0 Å². The van der Waals surface area contributed by atoms with E-state index in [4.69, 9.17) is 27.9 Å². The van der Waals surface area contributed by atoms with Crippen LogP contribution in [-0.2, 0) is 32.6 Å². The number of nitrogens with one attached hydrogen (secondary N) is 1. The first-order chi connectivity index (χ1) is 21.1. The topological polar surface area (TPSA) is 96.0 Å². The van der Waals surface area contributed by atoms with Gasteiger partial charge in [0.1, 0.15) is 18.3 Å². The summed E-state index contributed by atoms with van der Waals surface area (Å²) in [6.45, 7) is 1.44. The van der Waals surface area contributed by atoms with Crippen molar-refractivity contribution < 1.29 is 22.7 Å². The van der Waals surface area contributed by atoms with Gasteiger partial charge in [0.2, 0.25) is 21.8 Å². The highest BCUT2D eigenvalue weighted by Gasteiger charge is 2.35. The number of carbonyl (C=O) groups is 2. The van der Waals surface area contributed by atoms with E-state index in [1.807, 2.05) is 30.3 Å². The Balaban J connectivity index is 1.77. The fourth-order valence-electron chi connectivity index (χ4n) is 5.49. The molecule has 0 unspecified atom stereocenters. The Labute approximate surface area is 270 Å². The largest absolute Gasteiger partial charge is 0.492 e. The quantitative estimate of drug-likeness (QED) is 0.234. The number of hydrogen-bond donors (Lipinski definition) is 1. The summed E-state index contributed by atoms with van der Waals surface area (Å²) in [6, 6.07) is 20.1. The molecule has 3 aromatic rings. The van der Waals surface area contributed by atoms with Crippen molar-refractivity contribution in [1.82, 2.24) is 10.2 Å². The summed E-state index contributed by atoms with van der Waals surface area (Å²) in [5, 5.41) is 3.85. The van der Waals surface area contributed by atoms with Gasteiger partial charge in [0, 0.05) is 34.6 Å². The smallest absolute Gasteiger partial charge is 0.244 e. The second-order valence-corrected chi connectivity index (χ2v) is 13.7. The van der Waals surface area contributed by atoms with E-state index in [1.54, 1.807) is 49.4 Å². The van der Waals surface area contributed by atoms with Gasteiger partial charge in [-0.15, -0.1) is 0 Å². The molecule has 0 aromatic heterocycles. The number of nitrogens with zero attached hydrogens (tertiary/aromatic N) is 2. The van der Waals surface area contributed by atoms with Crippen molar-refractivity contribution in [2.24, 2.45) is 0 Å². The number of carbonyl (C=O) groups excluding carboxylic acids is 2. The standard InChI is InChI=1S/C33H39Cl2N3O5S/c1-3-43-31-20-11-10-19-29(31)38(44(2,41)42)23-32(39)37(22-26-27(34)17-12-18-28(26)35)30(21-24-13-6-4-7-14-24)33(40)36-25-15-8-5-9-16-25/h4,6-7,10-14,17-20,25,30H,3,5,8-9,15-16,21-23H2,1-2H3,(H,36,40)/t30-/m1/s1. The highest BCUT2D eigenvalue weighted by atomic mass is 35.5. The minimum atomic E-state index is -3.95. The highest BCUT2D eigenvalue weighted by Crippen LogP contribution is 2.31. The summed E-state index contributed by atoms with van der Waals surface area (Å²) < 4.78 is 33.0. The number of sulfonamides is 1. The maximum Gasteiger partial charge on any atom is 0.244 e. The molecule has 44 heavy (non-hydrogen) atoms. The molecular formula is C33H39Cl2N3O5S. The molecule has 0 bridgehead atoms. The van der Waals surface area contributed by atoms with Crippen LogP contribution in [0.4, 0.5) is 5.69 Å². The van der Waals surface area contributed by atoms with Crippen LogP contribution in [0.5, 0.6) is 5.75 Å². The lowest BCUT2D eigenvalue weighted by Gasteiger charge is -2.35. The van der Waals surface area contributed by atoms with Gasteiger partial charge in [0.15, 0.2) is 0 Å². The van der Waals surface area contributed by atoms with Crippen LogP contribution in [0.3, 0.4) is 0 Å². The van der Waals surface area contributed by atoms with Crippen molar-refractivity contribution in [2.45, 2.75) is 64.1 Å². The molecule has 8 nitrogen and oxygen atoms in total. The third kappa shape index (κ3) is 8.89. The summed E-state index contributed by atoms with van der Waals surface area (Å²) in [5.74, 6) is -0.569. The van der Waals surface area contributed by atoms with Crippen molar-refractivity contribution in [2.75, 3.05) is 23.7 Å². The zero-order valence-corrected chi connectivity index (χ0v) is 27.4. The van der Waals surface area contributed by atoms with Gasteiger partial charge in [-0.05, 0) is 49.6 Å². The van der Waals surface area contributed by atoms with Crippen molar-refractivity contribution in [1.29, 1.82) is 0 Å². The number of anilines is 1. The third-order valence-electron chi connectivity index (χ3n) is 7.73. The predicted octanol–water partition coefficient (Wildman–Crippen LogP) is 6.25. The molecule has 0 saturated heterocycles. The van der Waals surface area contributed by atoms with Crippen molar-refractivity contribution in [3.8, 4) is 5.75 Å². The second-order valence-electron chi connectivity index (χ2n) is 10.9. The lowest BCUT2D eigenvalue weighted by molar-refractivity contribution is -0.140. The molecule has 0 spiro atoms. The Hall–Kier alpha value is -3.27. The van der Waals surface area contributed by atoms with E-state index in [-0.39, 0.29) is 30.6 Å². The zero-order valence-electron chi connectivity index (χ0n) is 25.0. The summed E-state index contributed by atoms with van der Waals surface area (Å²) in [4.78, 5) is 29.9. The van der Waals surface area contributed by atoms with E-state index < -0.39 is 28.5 Å². The van der Waals surface area contributed by atoms with Crippen LogP contribution in [0.1, 0.15) is 50.2 Å². The van der Waals surface area contributed by atoms with E-state index in [9.17, 15) is 18.0 Å². The normalized spacial score (nSPS) is 14.5. The number of para-hydroxylation sites is 2. The van der Waals surface area contributed by atoms with Crippen molar-refractivity contribution in [3.05, 3.63) is 94.0 Å². The molecule has 11 heteroatoms. The number of amides is 2. The molecule has 1 atom stereocenters. The highest BCUT2D eigenvalue weighted by molar-refractivity contribution is 7.92. The molecule has 1 fully saturated rings. The van der Waals surface area contributed by atoms with Gasteiger partial charge < -0.3 is 15.0 Å². The number of halogens is 2. The number of rotatable bonds is 13. The molecule has 4 rings (SSSR count). The Morgan fingerprint density at radius 2 is 1.57 bits per heavy atom. The van der Waals surface area contributed by atoms with Crippen molar-refractivity contribution in [3.63, 3.8) is 0 Å². The van der Waals surface area contributed by atoms with E-state index in [1.165, 1.54) is 4.90 Å². The second kappa shape index (κ2) is 15.6. The predicted molar refractivity (Wildman–Crippen MR) is 176 cm³/mol. The molecule has 236 valence electrons. The molecule has 1 N–H and O–H groups in total. The Bertz CT molecular complexity index is 1510. The first-order valence-corrected chi connectivity index (χ1v) is 17.4. The minimum absolute atomic E-state index is 0.000893. The lowest BCUT2D eigenvalue weighted by atomic mass is 9.94.